The first-order chi connectivity index (χ1) is 17.1. The molecular formula is C31H34N2O2. The van der Waals surface area contributed by atoms with Crippen LogP contribution in [0.25, 0.3) is 17.2 Å². The first-order valence-corrected chi connectivity index (χ1v) is 12.8. The lowest BCUT2D eigenvalue weighted by Gasteiger charge is -2.11. The van der Waals surface area contributed by atoms with Gasteiger partial charge in [0, 0.05) is 29.8 Å². The van der Waals surface area contributed by atoms with Crippen LogP contribution in [-0.2, 0) is 11.3 Å². The Hall–Kier alpha value is -3.37. The number of amides is 1. The van der Waals surface area contributed by atoms with E-state index in [4.69, 9.17) is 4.74 Å². The van der Waals surface area contributed by atoms with Crippen molar-refractivity contribution in [2.45, 2.75) is 45.6 Å². The van der Waals surface area contributed by atoms with Crippen molar-refractivity contribution in [1.82, 2.24) is 5.32 Å². The molecule has 1 aliphatic heterocycles. The number of ether oxygens (including phenoxy) is 1. The third kappa shape index (κ3) is 6.01. The van der Waals surface area contributed by atoms with Crippen molar-refractivity contribution in [1.29, 1.82) is 0 Å². The number of benzene rings is 3. The summed E-state index contributed by atoms with van der Waals surface area (Å²) in [5, 5.41) is 6.65. The zero-order valence-corrected chi connectivity index (χ0v) is 20.5. The predicted octanol–water partition coefficient (Wildman–Crippen LogP) is 6.75. The first kappa shape index (κ1) is 23.4. The summed E-state index contributed by atoms with van der Waals surface area (Å²) >= 11 is 0. The van der Waals surface area contributed by atoms with E-state index in [0.717, 1.165) is 52.7 Å². The Morgan fingerprint density at radius 3 is 2.46 bits per heavy atom. The molecule has 1 fully saturated rings. The second kappa shape index (κ2) is 10.9. The highest BCUT2D eigenvalue weighted by molar-refractivity contribution is 6.07. The van der Waals surface area contributed by atoms with Gasteiger partial charge in [0.2, 0.25) is 0 Å². The van der Waals surface area contributed by atoms with E-state index in [1.807, 2.05) is 24.3 Å². The highest BCUT2D eigenvalue weighted by atomic mass is 16.5. The van der Waals surface area contributed by atoms with Crippen molar-refractivity contribution in [3.05, 3.63) is 89.0 Å². The van der Waals surface area contributed by atoms with Gasteiger partial charge in [-0.05, 0) is 79.3 Å². The van der Waals surface area contributed by atoms with Gasteiger partial charge in [-0.3, -0.25) is 4.79 Å². The van der Waals surface area contributed by atoms with Gasteiger partial charge in [-0.25, -0.2) is 0 Å². The molecular weight excluding hydrogens is 432 g/mol. The quantitative estimate of drug-likeness (QED) is 0.405. The molecule has 1 heterocycles. The van der Waals surface area contributed by atoms with E-state index >= 15 is 0 Å². The van der Waals surface area contributed by atoms with E-state index in [1.54, 1.807) is 0 Å². The third-order valence-corrected chi connectivity index (χ3v) is 7.09. The van der Waals surface area contributed by atoms with Crippen molar-refractivity contribution in [2.24, 2.45) is 5.92 Å². The molecule has 0 spiro atoms. The van der Waals surface area contributed by atoms with E-state index in [1.165, 1.54) is 36.8 Å². The number of nitrogens with one attached hydrogen (secondary N) is 2. The van der Waals surface area contributed by atoms with E-state index in [-0.39, 0.29) is 5.91 Å². The molecule has 0 unspecified atom stereocenters. The molecule has 2 aliphatic rings. The van der Waals surface area contributed by atoms with Crippen molar-refractivity contribution in [3.63, 3.8) is 0 Å². The Balaban J connectivity index is 1.24. The Labute approximate surface area is 208 Å². The van der Waals surface area contributed by atoms with Crippen molar-refractivity contribution in [2.75, 3.05) is 18.5 Å². The monoisotopic (exact) mass is 466 g/mol. The first-order valence-electron chi connectivity index (χ1n) is 12.8. The van der Waals surface area contributed by atoms with Crippen molar-refractivity contribution >= 4 is 17.7 Å². The SMILES string of the molecule is Cc1ccc(-c2ccc3c(c2)C=C(C(=O)Nc2ccc(CNCC4CCCC4)cc2)CCO3)cc1. The summed E-state index contributed by atoms with van der Waals surface area (Å²) in [5.74, 6) is 1.58. The number of fused-ring (bicyclic) bond motifs is 1. The van der Waals surface area contributed by atoms with Crippen LogP contribution in [0.15, 0.2) is 72.3 Å². The molecule has 0 radical (unpaired) electrons. The molecule has 35 heavy (non-hydrogen) atoms. The van der Waals surface area contributed by atoms with Gasteiger partial charge >= 0.3 is 0 Å². The Morgan fingerprint density at radius 2 is 1.69 bits per heavy atom. The maximum atomic E-state index is 13.1. The van der Waals surface area contributed by atoms with Crippen LogP contribution in [0.3, 0.4) is 0 Å². The maximum Gasteiger partial charge on any atom is 0.251 e. The normalized spacial score (nSPS) is 15.6. The largest absolute Gasteiger partial charge is 0.493 e. The van der Waals surface area contributed by atoms with Crippen LogP contribution in [-0.4, -0.2) is 19.1 Å². The Kier molecular flexibility index (Phi) is 7.29. The second-order valence-electron chi connectivity index (χ2n) is 9.82. The van der Waals surface area contributed by atoms with Gasteiger partial charge in [-0.2, -0.15) is 0 Å². The van der Waals surface area contributed by atoms with Gasteiger partial charge in [-0.15, -0.1) is 0 Å². The number of hydrogen-bond donors (Lipinski definition) is 2. The summed E-state index contributed by atoms with van der Waals surface area (Å²) in [5.41, 5.74) is 7.22. The van der Waals surface area contributed by atoms with Crippen LogP contribution in [0, 0.1) is 12.8 Å². The zero-order chi connectivity index (χ0) is 24.0. The number of rotatable bonds is 7. The summed E-state index contributed by atoms with van der Waals surface area (Å²) < 4.78 is 5.94. The average Bonchev–Trinajstić information content (AvgIpc) is 3.30. The van der Waals surface area contributed by atoms with Crippen LogP contribution < -0.4 is 15.4 Å². The Bertz CT molecular complexity index is 1190. The van der Waals surface area contributed by atoms with Crippen LogP contribution >= 0.6 is 0 Å². The Morgan fingerprint density at radius 1 is 0.943 bits per heavy atom. The zero-order valence-electron chi connectivity index (χ0n) is 20.5. The molecule has 2 N–H and O–H groups in total. The number of anilines is 1. The van der Waals surface area contributed by atoms with Crippen LogP contribution in [0.1, 0.15) is 48.8 Å². The minimum absolute atomic E-state index is 0.0747. The average molecular weight is 467 g/mol. The summed E-state index contributed by atoms with van der Waals surface area (Å²) in [4.78, 5) is 13.1. The molecule has 4 nitrogen and oxygen atoms in total. The molecule has 3 aromatic rings. The summed E-state index contributed by atoms with van der Waals surface area (Å²) in [6.45, 7) is 4.54. The van der Waals surface area contributed by atoms with Crippen molar-refractivity contribution < 1.29 is 9.53 Å². The topological polar surface area (TPSA) is 50.4 Å². The van der Waals surface area contributed by atoms with Crippen LogP contribution in [0.2, 0.25) is 0 Å². The molecule has 0 aromatic heterocycles. The maximum absolute atomic E-state index is 13.1. The minimum atomic E-state index is -0.0747. The summed E-state index contributed by atoms with van der Waals surface area (Å²) in [6, 6.07) is 22.8. The molecule has 5 rings (SSSR count). The van der Waals surface area contributed by atoms with Crippen LogP contribution in [0.5, 0.6) is 5.75 Å². The molecule has 1 aliphatic carbocycles. The molecule has 180 valence electrons. The van der Waals surface area contributed by atoms with E-state index in [9.17, 15) is 4.79 Å². The predicted molar refractivity (Wildman–Crippen MR) is 143 cm³/mol. The highest BCUT2D eigenvalue weighted by Gasteiger charge is 2.17. The molecule has 0 saturated heterocycles. The van der Waals surface area contributed by atoms with Gasteiger partial charge in [0.25, 0.3) is 5.91 Å². The van der Waals surface area contributed by atoms with Gasteiger partial charge in [0.05, 0.1) is 6.61 Å². The molecule has 0 bridgehead atoms. The number of carbonyl (C=O) groups is 1. The number of carbonyl (C=O) groups excluding carboxylic acids is 1. The molecule has 1 saturated carbocycles. The lowest BCUT2D eigenvalue weighted by molar-refractivity contribution is -0.113. The fourth-order valence-electron chi connectivity index (χ4n) is 4.98. The summed E-state index contributed by atoms with van der Waals surface area (Å²) in [6.07, 6.45) is 8.01. The fourth-order valence-corrected chi connectivity index (χ4v) is 4.98. The van der Waals surface area contributed by atoms with E-state index in [2.05, 4.69) is 66.1 Å². The third-order valence-electron chi connectivity index (χ3n) is 7.09. The second-order valence-corrected chi connectivity index (χ2v) is 9.82. The molecule has 4 heteroatoms. The molecule has 1 amide bonds. The van der Waals surface area contributed by atoms with Crippen molar-refractivity contribution in [3.8, 4) is 16.9 Å². The number of hydrogen-bond acceptors (Lipinski definition) is 3. The fraction of sp³-hybridized carbons (Fsp3) is 0.323. The van der Waals surface area contributed by atoms with Gasteiger partial charge < -0.3 is 15.4 Å². The standard InChI is InChI=1S/C31H34N2O2/c1-22-6-10-25(11-7-22)26-12-15-30-28(18-26)19-27(16-17-35-30)31(34)33-29-13-8-24(9-14-29)21-32-20-23-4-2-3-5-23/h6-15,18-19,23,32H,2-5,16-17,20-21H2,1H3,(H,33,34). The molecule has 0 atom stereocenters. The smallest absolute Gasteiger partial charge is 0.251 e. The van der Waals surface area contributed by atoms with Crippen LogP contribution in [0.4, 0.5) is 5.69 Å². The summed E-state index contributed by atoms with van der Waals surface area (Å²) in [7, 11) is 0. The van der Waals surface area contributed by atoms with E-state index < -0.39 is 0 Å². The van der Waals surface area contributed by atoms with Gasteiger partial charge in [-0.1, -0.05) is 60.9 Å². The minimum Gasteiger partial charge on any atom is -0.493 e. The highest BCUT2D eigenvalue weighted by Crippen LogP contribution is 2.31. The lowest BCUT2D eigenvalue weighted by Crippen LogP contribution is -2.20. The molecule has 3 aromatic carbocycles. The van der Waals surface area contributed by atoms with Gasteiger partial charge in [0.15, 0.2) is 0 Å². The number of aryl methyl sites for hydroxylation is 1. The lowest BCUT2D eigenvalue weighted by atomic mass is 10.00. The van der Waals surface area contributed by atoms with Gasteiger partial charge in [0.1, 0.15) is 5.75 Å². The van der Waals surface area contributed by atoms with E-state index in [0.29, 0.717) is 13.0 Å².